The number of carbonyl (C=O) groups is 1. The first-order valence-electron chi connectivity index (χ1n) is 6.53. The molecular weight excluding hydrogens is 252 g/mol. The predicted molar refractivity (Wildman–Crippen MR) is 78.9 cm³/mol. The molecule has 1 N–H and O–H groups in total. The van der Waals surface area contributed by atoms with E-state index >= 15 is 0 Å². The van der Waals surface area contributed by atoms with Crippen LogP contribution in [-0.2, 0) is 11.2 Å². The van der Waals surface area contributed by atoms with E-state index in [-0.39, 0.29) is 0 Å². The highest BCUT2D eigenvalue weighted by Gasteiger charge is 2.07. The van der Waals surface area contributed by atoms with E-state index in [2.05, 4.69) is 34.1 Å². The van der Waals surface area contributed by atoms with Gasteiger partial charge in [0.15, 0.2) is 0 Å². The molecule has 0 amide bonds. The highest BCUT2D eigenvalue weighted by Crippen LogP contribution is 2.11. The van der Waals surface area contributed by atoms with Crippen LogP contribution < -0.4 is 5.32 Å². The van der Waals surface area contributed by atoms with Gasteiger partial charge in [0.1, 0.15) is 5.69 Å². The zero-order valence-electron chi connectivity index (χ0n) is 11.7. The van der Waals surface area contributed by atoms with Gasteiger partial charge in [0.25, 0.3) is 0 Å². The maximum Gasteiger partial charge on any atom is 0.356 e. The minimum atomic E-state index is -0.424. The van der Waals surface area contributed by atoms with Crippen LogP contribution >= 0.6 is 0 Å². The Hall–Kier alpha value is -2.36. The van der Waals surface area contributed by atoms with E-state index in [1.54, 1.807) is 12.3 Å². The summed E-state index contributed by atoms with van der Waals surface area (Å²) in [5.41, 5.74) is 3.80. The van der Waals surface area contributed by atoms with Crippen molar-refractivity contribution in [1.29, 1.82) is 0 Å². The first kappa shape index (κ1) is 14.1. The minimum absolute atomic E-state index is 0.313. The maximum absolute atomic E-state index is 11.4. The molecule has 0 fully saturated rings. The number of nitrogens with zero attached hydrogens (tertiary/aromatic N) is 1. The second-order valence-corrected chi connectivity index (χ2v) is 4.52. The van der Waals surface area contributed by atoms with E-state index in [1.165, 1.54) is 18.2 Å². The van der Waals surface area contributed by atoms with Gasteiger partial charge in [0, 0.05) is 18.4 Å². The van der Waals surface area contributed by atoms with E-state index in [1.807, 2.05) is 18.2 Å². The zero-order chi connectivity index (χ0) is 14.4. The number of carbonyl (C=O) groups excluding carboxylic acids is 1. The topological polar surface area (TPSA) is 51.2 Å². The lowest BCUT2D eigenvalue weighted by molar-refractivity contribution is 0.0594. The molecule has 0 atom stereocenters. The third-order valence-corrected chi connectivity index (χ3v) is 3.14. The standard InChI is InChI=1S/C16H18N2O2/c1-12-5-3-4-6-13(12)7-9-17-14-8-10-18-15(11-14)16(19)20-2/h3-6,8,10-11H,7,9H2,1-2H3,(H,17,18). The molecule has 0 saturated carbocycles. The number of methoxy groups -OCH3 is 1. The predicted octanol–water partition coefficient (Wildman–Crippen LogP) is 2.83. The summed E-state index contributed by atoms with van der Waals surface area (Å²) in [6, 6.07) is 11.9. The highest BCUT2D eigenvalue weighted by molar-refractivity contribution is 5.88. The Balaban J connectivity index is 1.94. The summed E-state index contributed by atoms with van der Waals surface area (Å²) in [5, 5.41) is 3.29. The van der Waals surface area contributed by atoms with Crippen molar-refractivity contribution in [3.05, 3.63) is 59.4 Å². The summed E-state index contributed by atoms with van der Waals surface area (Å²) >= 11 is 0. The molecule has 0 bridgehead atoms. The SMILES string of the molecule is COC(=O)c1cc(NCCc2ccccc2C)ccn1. The molecule has 0 unspecified atom stereocenters. The number of anilines is 1. The van der Waals surface area contributed by atoms with Gasteiger partial charge < -0.3 is 10.1 Å². The van der Waals surface area contributed by atoms with Crippen molar-refractivity contribution < 1.29 is 9.53 Å². The Morgan fingerprint density at radius 3 is 2.85 bits per heavy atom. The molecule has 4 nitrogen and oxygen atoms in total. The molecule has 4 heteroatoms. The third-order valence-electron chi connectivity index (χ3n) is 3.14. The number of hydrogen-bond donors (Lipinski definition) is 1. The number of esters is 1. The first-order valence-corrected chi connectivity index (χ1v) is 6.53. The van der Waals surface area contributed by atoms with Crippen molar-refractivity contribution in [2.24, 2.45) is 0 Å². The van der Waals surface area contributed by atoms with Gasteiger partial charge in [-0.25, -0.2) is 9.78 Å². The maximum atomic E-state index is 11.4. The normalized spacial score (nSPS) is 10.1. The molecule has 2 rings (SSSR count). The molecule has 1 aromatic heterocycles. The van der Waals surface area contributed by atoms with E-state index in [9.17, 15) is 4.79 Å². The van der Waals surface area contributed by atoms with Crippen LogP contribution in [0.4, 0.5) is 5.69 Å². The Morgan fingerprint density at radius 2 is 2.10 bits per heavy atom. The van der Waals surface area contributed by atoms with Gasteiger partial charge in [-0.15, -0.1) is 0 Å². The van der Waals surface area contributed by atoms with Gasteiger partial charge in [-0.1, -0.05) is 24.3 Å². The van der Waals surface area contributed by atoms with Crippen molar-refractivity contribution in [3.63, 3.8) is 0 Å². The number of aryl methyl sites for hydroxylation is 1. The number of hydrogen-bond acceptors (Lipinski definition) is 4. The summed E-state index contributed by atoms with van der Waals surface area (Å²) in [6.07, 6.45) is 2.53. The fraction of sp³-hybridized carbons (Fsp3) is 0.250. The van der Waals surface area contributed by atoms with Crippen molar-refractivity contribution in [2.75, 3.05) is 19.0 Å². The lowest BCUT2D eigenvalue weighted by Gasteiger charge is -2.09. The minimum Gasteiger partial charge on any atom is -0.464 e. The number of benzene rings is 1. The van der Waals surface area contributed by atoms with Crippen LogP contribution in [0.2, 0.25) is 0 Å². The monoisotopic (exact) mass is 270 g/mol. The van der Waals surface area contributed by atoms with Crippen LogP contribution in [0.15, 0.2) is 42.6 Å². The van der Waals surface area contributed by atoms with Gasteiger partial charge in [-0.3, -0.25) is 0 Å². The molecule has 0 radical (unpaired) electrons. The van der Waals surface area contributed by atoms with Gasteiger partial charge in [0.2, 0.25) is 0 Å². The second-order valence-electron chi connectivity index (χ2n) is 4.52. The zero-order valence-corrected chi connectivity index (χ0v) is 11.7. The largest absolute Gasteiger partial charge is 0.464 e. The summed E-state index contributed by atoms with van der Waals surface area (Å²) in [5.74, 6) is -0.424. The molecule has 1 aromatic carbocycles. The Kier molecular flexibility index (Phi) is 4.71. The van der Waals surface area contributed by atoms with E-state index in [0.29, 0.717) is 5.69 Å². The molecular formula is C16H18N2O2. The van der Waals surface area contributed by atoms with Crippen LogP contribution in [-0.4, -0.2) is 24.6 Å². The Bertz CT molecular complexity index is 597. The fourth-order valence-electron chi connectivity index (χ4n) is 1.99. The Morgan fingerprint density at radius 1 is 1.30 bits per heavy atom. The number of pyridine rings is 1. The highest BCUT2D eigenvalue weighted by atomic mass is 16.5. The first-order chi connectivity index (χ1) is 9.70. The Labute approximate surface area is 118 Å². The van der Waals surface area contributed by atoms with Crippen molar-refractivity contribution in [2.45, 2.75) is 13.3 Å². The van der Waals surface area contributed by atoms with Gasteiger partial charge >= 0.3 is 5.97 Å². The third kappa shape index (κ3) is 3.57. The van der Waals surface area contributed by atoms with Crippen LogP contribution in [0, 0.1) is 6.92 Å². The molecule has 0 saturated heterocycles. The quantitative estimate of drug-likeness (QED) is 0.849. The lowest BCUT2D eigenvalue weighted by atomic mass is 10.1. The molecule has 0 spiro atoms. The van der Waals surface area contributed by atoms with Crippen molar-refractivity contribution >= 4 is 11.7 Å². The molecule has 1 heterocycles. The van der Waals surface area contributed by atoms with Crippen LogP contribution in [0.5, 0.6) is 0 Å². The summed E-state index contributed by atoms with van der Waals surface area (Å²) < 4.78 is 4.65. The molecule has 0 aliphatic carbocycles. The second kappa shape index (κ2) is 6.70. The van der Waals surface area contributed by atoms with Crippen LogP contribution in [0.1, 0.15) is 21.6 Å². The lowest BCUT2D eigenvalue weighted by Crippen LogP contribution is -2.08. The van der Waals surface area contributed by atoms with Gasteiger partial charge in [-0.05, 0) is 36.6 Å². The van der Waals surface area contributed by atoms with E-state index < -0.39 is 5.97 Å². The summed E-state index contributed by atoms with van der Waals surface area (Å²) in [7, 11) is 1.35. The molecule has 20 heavy (non-hydrogen) atoms. The molecule has 2 aromatic rings. The summed E-state index contributed by atoms with van der Waals surface area (Å²) in [4.78, 5) is 15.4. The van der Waals surface area contributed by atoms with Crippen molar-refractivity contribution in [1.82, 2.24) is 4.98 Å². The summed E-state index contributed by atoms with van der Waals surface area (Å²) in [6.45, 7) is 2.91. The van der Waals surface area contributed by atoms with Crippen molar-refractivity contribution in [3.8, 4) is 0 Å². The van der Waals surface area contributed by atoms with Crippen LogP contribution in [0.25, 0.3) is 0 Å². The average molecular weight is 270 g/mol. The number of nitrogens with one attached hydrogen (secondary N) is 1. The fourth-order valence-corrected chi connectivity index (χ4v) is 1.99. The number of ether oxygens (including phenoxy) is 1. The number of aromatic nitrogens is 1. The smallest absolute Gasteiger partial charge is 0.356 e. The average Bonchev–Trinajstić information content (AvgIpc) is 2.49. The molecule has 0 aliphatic heterocycles. The molecule has 0 aliphatic rings. The molecule has 104 valence electrons. The van der Waals surface area contributed by atoms with E-state index in [4.69, 9.17) is 0 Å². The van der Waals surface area contributed by atoms with Gasteiger partial charge in [-0.2, -0.15) is 0 Å². The number of rotatable bonds is 5. The van der Waals surface area contributed by atoms with E-state index in [0.717, 1.165) is 18.7 Å². The van der Waals surface area contributed by atoms with Gasteiger partial charge in [0.05, 0.1) is 7.11 Å². The van der Waals surface area contributed by atoms with Crippen LogP contribution in [0.3, 0.4) is 0 Å².